The minimum Gasteiger partial charge on any atom is -0.315 e. The molecule has 0 unspecified atom stereocenters. The van der Waals surface area contributed by atoms with Gasteiger partial charge in [-0.1, -0.05) is 18.5 Å². The number of halogens is 1. The van der Waals surface area contributed by atoms with Gasteiger partial charge in [0.1, 0.15) is 0 Å². The van der Waals surface area contributed by atoms with E-state index in [0.29, 0.717) is 5.02 Å². The van der Waals surface area contributed by atoms with Gasteiger partial charge >= 0.3 is 0 Å². The molecule has 0 aliphatic heterocycles. The second-order valence-corrected chi connectivity index (χ2v) is 4.39. The van der Waals surface area contributed by atoms with Gasteiger partial charge in [0.2, 0.25) is 0 Å². The molecule has 1 rings (SSSR count). The first-order valence-corrected chi connectivity index (χ1v) is 6.10. The molecule has 0 atom stereocenters. The maximum Gasteiger partial charge on any atom is 0.0589 e. The largest absolute Gasteiger partial charge is 0.315 e. The van der Waals surface area contributed by atoms with E-state index in [0.717, 1.165) is 31.9 Å². The fourth-order valence-electron chi connectivity index (χ4n) is 1.43. The first kappa shape index (κ1) is 13.4. The lowest BCUT2D eigenvalue weighted by atomic mass is 10.3. The number of rotatable bonds is 7. The minimum absolute atomic E-state index is 0.691. The summed E-state index contributed by atoms with van der Waals surface area (Å²) in [6.07, 6.45) is 2.88. The normalized spacial score (nSPS) is 11.0. The van der Waals surface area contributed by atoms with Crippen LogP contribution < -0.4 is 5.32 Å². The van der Waals surface area contributed by atoms with Crippen LogP contribution >= 0.6 is 11.6 Å². The molecule has 0 fully saturated rings. The molecule has 0 aromatic carbocycles. The van der Waals surface area contributed by atoms with Crippen molar-refractivity contribution in [1.29, 1.82) is 0 Å². The molecule has 0 spiro atoms. The van der Waals surface area contributed by atoms with Crippen LogP contribution in [0.15, 0.2) is 18.3 Å². The van der Waals surface area contributed by atoms with Crippen LogP contribution in [0.4, 0.5) is 0 Å². The number of pyridine rings is 1. The van der Waals surface area contributed by atoms with E-state index >= 15 is 0 Å². The first-order valence-electron chi connectivity index (χ1n) is 5.72. The zero-order chi connectivity index (χ0) is 11.8. The third kappa shape index (κ3) is 5.45. The van der Waals surface area contributed by atoms with Crippen LogP contribution in [-0.2, 0) is 6.54 Å². The van der Waals surface area contributed by atoms with Crippen molar-refractivity contribution in [1.82, 2.24) is 15.2 Å². The number of hydrogen-bond acceptors (Lipinski definition) is 3. The molecule has 0 aliphatic rings. The van der Waals surface area contributed by atoms with E-state index in [4.69, 9.17) is 11.6 Å². The Morgan fingerprint density at radius 1 is 1.38 bits per heavy atom. The summed E-state index contributed by atoms with van der Waals surface area (Å²) in [4.78, 5) is 6.52. The van der Waals surface area contributed by atoms with E-state index in [9.17, 15) is 0 Å². The monoisotopic (exact) mass is 241 g/mol. The maximum absolute atomic E-state index is 5.78. The average Bonchev–Trinajstić information content (AvgIpc) is 2.28. The molecule has 1 N–H and O–H groups in total. The van der Waals surface area contributed by atoms with Crippen molar-refractivity contribution in [2.24, 2.45) is 0 Å². The molecule has 4 heteroatoms. The van der Waals surface area contributed by atoms with Gasteiger partial charge in [0.15, 0.2) is 0 Å². The minimum atomic E-state index is 0.691. The van der Waals surface area contributed by atoms with Crippen LogP contribution in [-0.4, -0.2) is 36.6 Å². The fraction of sp³-hybridized carbons (Fsp3) is 0.583. The number of likely N-dealkylation sites (N-methyl/N-ethyl adjacent to an activating group) is 1. The van der Waals surface area contributed by atoms with Gasteiger partial charge in [0, 0.05) is 25.8 Å². The lowest BCUT2D eigenvalue weighted by Gasteiger charge is -2.16. The Kier molecular flexibility index (Phi) is 6.38. The summed E-state index contributed by atoms with van der Waals surface area (Å²) in [6.45, 7) is 6.19. The van der Waals surface area contributed by atoms with Gasteiger partial charge in [-0.2, -0.15) is 0 Å². The topological polar surface area (TPSA) is 28.2 Å². The van der Waals surface area contributed by atoms with Crippen molar-refractivity contribution in [3.8, 4) is 0 Å². The van der Waals surface area contributed by atoms with Gasteiger partial charge in [-0.05, 0) is 32.1 Å². The summed E-state index contributed by atoms with van der Waals surface area (Å²) >= 11 is 5.78. The van der Waals surface area contributed by atoms with E-state index in [-0.39, 0.29) is 0 Å². The Labute approximate surface area is 103 Å². The van der Waals surface area contributed by atoms with Gasteiger partial charge < -0.3 is 5.32 Å². The Bertz CT molecular complexity index is 287. The van der Waals surface area contributed by atoms with Crippen LogP contribution in [0.1, 0.15) is 19.0 Å². The van der Waals surface area contributed by atoms with E-state index in [1.54, 1.807) is 6.20 Å². The summed E-state index contributed by atoms with van der Waals surface area (Å²) in [5.41, 5.74) is 1.06. The molecule has 1 heterocycles. The van der Waals surface area contributed by atoms with Crippen molar-refractivity contribution < 1.29 is 0 Å². The third-order valence-electron chi connectivity index (χ3n) is 2.32. The van der Waals surface area contributed by atoms with Crippen LogP contribution in [0, 0.1) is 0 Å². The summed E-state index contributed by atoms with van der Waals surface area (Å²) in [7, 11) is 2.10. The van der Waals surface area contributed by atoms with Crippen LogP contribution in [0.5, 0.6) is 0 Å². The predicted molar refractivity (Wildman–Crippen MR) is 68.7 cm³/mol. The second-order valence-electron chi connectivity index (χ2n) is 3.96. The highest BCUT2D eigenvalue weighted by Gasteiger charge is 2.00. The molecule has 0 saturated heterocycles. The lowest BCUT2D eigenvalue weighted by Crippen LogP contribution is -2.29. The van der Waals surface area contributed by atoms with Crippen LogP contribution in [0.25, 0.3) is 0 Å². The van der Waals surface area contributed by atoms with Gasteiger partial charge in [0.05, 0.1) is 10.7 Å². The SMILES string of the molecule is CCCNCCN(C)Cc1ccc(Cl)cn1. The molecule has 16 heavy (non-hydrogen) atoms. The Balaban J connectivity index is 2.23. The second kappa shape index (κ2) is 7.60. The molecule has 0 bridgehead atoms. The highest BCUT2D eigenvalue weighted by molar-refractivity contribution is 6.30. The molecule has 1 aromatic heterocycles. The van der Waals surface area contributed by atoms with Crippen molar-refractivity contribution in [2.75, 3.05) is 26.7 Å². The Morgan fingerprint density at radius 3 is 2.81 bits per heavy atom. The molecule has 90 valence electrons. The van der Waals surface area contributed by atoms with E-state index in [1.165, 1.54) is 6.42 Å². The summed E-state index contributed by atoms with van der Waals surface area (Å²) in [5.74, 6) is 0. The molecular weight excluding hydrogens is 222 g/mol. The van der Waals surface area contributed by atoms with Gasteiger partial charge in [-0.25, -0.2) is 0 Å². The predicted octanol–water partition coefficient (Wildman–Crippen LogP) is 2.17. The maximum atomic E-state index is 5.78. The van der Waals surface area contributed by atoms with Crippen molar-refractivity contribution in [3.63, 3.8) is 0 Å². The molecule has 0 amide bonds. The number of aromatic nitrogens is 1. The van der Waals surface area contributed by atoms with Gasteiger partial charge in [0.25, 0.3) is 0 Å². The lowest BCUT2D eigenvalue weighted by molar-refractivity contribution is 0.321. The van der Waals surface area contributed by atoms with E-state index in [2.05, 4.69) is 29.2 Å². The standard InChI is InChI=1S/C12H20ClN3/c1-3-6-14-7-8-16(2)10-12-5-4-11(13)9-15-12/h4-5,9,14H,3,6-8,10H2,1-2H3. The number of nitrogens with zero attached hydrogens (tertiary/aromatic N) is 2. The highest BCUT2D eigenvalue weighted by atomic mass is 35.5. The van der Waals surface area contributed by atoms with Crippen molar-refractivity contribution in [3.05, 3.63) is 29.0 Å². The molecule has 0 saturated carbocycles. The van der Waals surface area contributed by atoms with Crippen LogP contribution in [0.3, 0.4) is 0 Å². The zero-order valence-corrected chi connectivity index (χ0v) is 10.8. The number of hydrogen-bond donors (Lipinski definition) is 1. The molecule has 0 radical (unpaired) electrons. The van der Waals surface area contributed by atoms with Crippen molar-refractivity contribution >= 4 is 11.6 Å². The Morgan fingerprint density at radius 2 is 2.19 bits per heavy atom. The summed E-state index contributed by atoms with van der Waals surface area (Å²) in [6, 6.07) is 3.85. The summed E-state index contributed by atoms with van der Waals surface area (Å²) < 4.78 is 0. The quantitative estimate of drug-likeness (QED) is 0.742. The third-order valence-corrected chi connectivity index (χ3v) is 2.54. The number of nitrogens with one attached hydrogen (secondary N) is 1. The first-order chi connectivity index (χ1) is 7.72. The summed E-state index contributed by atoms with van der Waals surface area (Å²) in [5, 5.41) is 4.07. The fourth-order valence-corrected chi connectivity index (χ4v) is 1.54. The molecular formula is C12H20ClN3. The van der Waals surface area contributed by atoms with Gasteiger partial charge in [-0.15, -0.1) is 0 Å². The average molecular weight is 242 g/mol. The van der Waals surface area contributed by atoms with E-state index in [1.807, 2.05) is 12.1 Å². The molecule has 1 aromatic rings. The van der Waals surface area contributed by atoms with Gasteiger partial charge in [-0.3, -0.25) is 9.88 Å². The van der Waals surface area contributed by atoms with Crippen molar-refractivity contribution in [2.45, 2.75) is 19.9 Å². The molecule has 0 aliphatic carbocycles. The molecule has 3 nitrogen and oxygen atoms in total. The van der Waals surface area contributed by atoms with Crippen LogP contribution in [0.2, 0.25) is 5.02 Å². The Hall–Kier alpha value is -0.640. The zero-order valence-electron chi connectivity index (χ0n) is 10.0. The smallest absolute Gasteiger partial charge is 0.0589 e. The van der Waals surface area contributed by atoms with E-state index < -0.39 is 0 Å². The highest BCUT2D eigenvalue weighted by Crippen LogP contribution is 2.07.